The van der Waals surface area contributed by atoms with Gasteiger partial charge >= 0.3 is 0 Å². The summed E-state index contributed by atoms with van der Waals surface area (Å²) in [6.07, 6.45) is 6.91. The third-order valence-corrected chi connectivity index (χ3v) is 4.42. The maximum atomic E-state index is 11.8. The highest BCUT2D eigenvalue weighted by atomic mass is 32.2. The second-order valence-corrected chi connectivity index (χ2v) is 6.57. The highest BCUT2D eigenvalue weighted by molar-refractivity contribution is 7.92. The van der Waals surface area contributed by atoms with Crippen molar-refractivity contribution in [3.8, 4) is 0 Å². The van der Waals surface area contributed by atoms with Crippen molar-refractivity contribution in [1.29, 1.82) is 0 Å². The molecule has 1 aliphatic rings. The van der Waals surface area contributed by atoms with Crippen LogP contribution in [0.15, 0.2) is 12.4 Å². The SMILES string of the molecule is CCCCS(=O)(=O)Nc1cncc(N2CCCC2)n1. The number of unbranched alkanes of at least 4 members (excludes halogenated alkanes) is 1. The fraction of sp³-hybridized carbons (Fsp3) is 0.667. The van der Waals surface area contributed by atoms with E-state index < -0.39 is 10.0 Å². The van der Waals surface area contributed by atoms with Gasteiger partial charge in [-0.1, -0.05) is 13.3 Å². The molecule has 1 aliphatic heterocycles. The number of nitrogens with zero attached hydrogens (tertiary/aromatic N) is 3. The molecule has 1 aromatic rings. The first-order valence-corrected chi connectivity index (χ1v) is 8.33. The summed E-state index contributed by atoms with van der Waals surface area (Å²) in [5, 5.41) is 0. The molecule has 1 N–H and O–H groups in total. The van der Waals surface area contributed by atoms with Gasteiger partial charge in [0.05, 0.1) is 18.1 Å². The fourth-order valence-electron chi connectivity index (χ4n) is 2.05. The van der Waals surface area contributed by atoms with E-state index in [9.17, 15) is 8.42 Å². The van der Waals surface area contributed by atoms with Gasteiger partial charge in [-0.2, -0.15) is 0 Å². The standard InChI is InChI=1S/C12H20N4O2S/c1-2-3-8-19(17,18)15-11-9-13-10-12(14-11)16-6-4-5-7-16/h9-10H,2-8H2,1H3,(H,14,15). The molecule has 0 atom stereocenters. The van der Waals surface area contributed by atoms with Gasteiger partial charge in [0.2, 0.25) is 10.0 Å². The van der Waals surface area contributed by atoms with E-state index in [4.69, 9.17) is 0 Å². The zero-order valence-electron chi connectivity index (χ0n) is 11.2. The molecule has 0 radical (unpaired) electrons. The predicted octanol–water partition coefficient (Wildman–Crippen LogP) is 1.62. The lowest BCUT2D eigenvalue weighted by Crippen LogP contribution is -2.21. The van der Waals surface area contributed by atoms with Gasteiger partial charge in [0, 0.05) is 13.1 Å². The van der Waals surface area contributed by atoms with E-state index in [1.807, 2.05) is 6.92 Å². The van der Waals surface area contributed by atoms with E-state index >= 15 is 0 Å². The molecule has 2 heterocycles. The van der Waals surface area contributed by atoms with E-state index in [2.05, 4.69) is 19.6 Å². The van der Waals surface area contributed by atoms with Crippen LogP contribution in [-0.2, 0) is 10.0 Å². The number of sulfonamides is 1. The molecule has 2 rings (SSSR count). The maximum Gasteiger partial charge on any atom is 0.233 e. The fourth-order valence-corrected chi connectivity index (χ4v) is 3.24. The zero-order valence-corrected chi connectivity index (χ0v) is 12.0. The molecule has 0 aliphatic carbocycles. The molecule has 1 saturated heterocycles. The molecular weight excluding hydrogens is 264 g/mol. The molecule has 7 heteroatoms. The van der Waals surface area contributed by atoms with Crippen LogP contribution in [0.3, 0.4) is 0 Å². The van der Waals surface area contributed by atoms with Crippen LogP contribution in [0.25, 0.3) is 0 Å². The van der Waals surface area contributed by atoms with Gasteiger partial charge in [-0.3, -0.25) is 9.71 Å². The lowest BCUT2D eigenvalue weighted by atomic mass is 10.4. The number of nitrogens with one attached hydrogen (secondary N) is 1. The van der Waals surface area contributed by atoms with Crippen molar-refractivity contribution in [1.82, 2.24) is 9.97 Å². The van der Waals surface area contributed by atoms with Gasteiger partial charge in [-0.15, -0.1) is 0 Å². The van der Waals surface area contributed by atoms with Crippen molar-refractivity contribution in [3.05, 3.63) is 12.4 Å². The van der Waals surface area contributed by atoms with E-state index in [0.29, 0.717) is 12.2 Å². The molecule has 1 fully saturated rings. The van der Waals surface area contributed by atoms with Crippen molar-refractivity contribution < 1.29 is 8.42 Å². The Labute approximate surface area is 114 Å². The third kappa shape index (κ3) is 4.05. The van der Waals surface area contributed by atoms with Crippen LogP contribution in [0.4, 0.5) is 11.6 Å². The summed E-state index contributed by atoms with van der Waals surface area (Å²) in [5.41, 5.74) is 0. The first-order valence-electron chi connectivity index (χ1n) is 6.68. The summed E-state index contributed by atoms with van der Waals surface area (Å²) in [6, 6.07) is 0. The minimum atomic E-state index is -3.31. The Balaban J connectivity index is 2.06. The minimum Gasteiger partial charge on any atom is -0.355 e. The van der Waals surface area contributed by atoms with Crippen LogP contribution in [-0.4, -0.2) is 37.2 Å². The van der Waals surface area contributed by atoms with Gasteiger partial charge in [-0.05, 0) is 19.3 Å². The summed E-state index contributed by atoms with van der Waals surface area (Å²) >= 11 is 0. The molecule has 0 aromatic carbocycles. The van der Waals surface area contributed by atoms with Crippen LogP contribution < -0.4 is 9.62 Å². The number of hydrogen-bond acceptors (Lipinski definition) is 5. The van der Waals surface area contributed by atoms with Gasteiger partial charge in [-0.25, -0.2) is 13.4 Å². The predicted molar refractivity (Wildman–Crippen MR) is 75.8 cm³/mol. The lowest BCUT2D eigenvalue weighted by molar-refractivity contribution is 0.597. The summed E-state index contributed by atoms with van der Waals surface area (Å²) < 4.78 is 26.1. The molecule has 1 aromatic heterocycles. The van der Waals surface area contributed by atoms with Crippen molar-refractivity contribution in [3.63, 3.8) is 0 Å². The van der Waals surface area contributed by atoms with Crippen molar-refractivity contribution in [2.75, 3.05) is 28.5 Å². The molecule has 19 heavy (non-hydrogen) atoms. The van der Waals surface area contributed by atoms with E-state index in [1.165, 1.54) is 6.20 Å². The summed E-state index contributed by atoms with van der Waals surface area (Å²) in [4.78, 5) is 10.5. The molecule has 0 amide bonds. The lowest BCUT2D eigenvalue weighted by Gasteiger charge is -2.16. The monoisotopic (exact) mass is 284 g/mol. The highest BCUT2D eigenvalue weighted by Gasteiger charge is 2.16. The number of hydrogen-bond donors (Lipinski definition) is 1. The highest BCUT2D eigenvalue weighted by Crippen LogP contribution is 2.18. The Bertz CT molecular complexity index is 512. The van der Waals surface area contributed by atoms with Crippen molar-refractivity contribution in [2.24, 2.45) is 0 Å². The zero-order chi connectivity index (χ0) is 13.7. The molecular formula is C12H20N4O2S. The minimum absolute atomic E-state index is 0.124. The number of aromatic nitrogens is 2. The van der Waals surface area contributed by atoms with Crippen LogP contribution >= 0.6 is 0 Å². The summed E-state index contributed by atoms with van der Waals surface area (Å²) in [6.45, 7) is 3.88. The Morgan fingerprint density at radius 2 is 2.05 bits per heavy atom. The van der Waals surface area contributed by atoms with Crippen molar-refractivity contribution in [2.45, 2.75) is 32.6 Å². The van der Waals surface area contributed by atoms with Crippen LogP contribution in [0, 0.1) is 0 Å². The van der Waals surface area contributed by atoms with Crippen LogP contribution in [0.5, 0.6) is 0 Å². The second kappa shape index (κ2) is 6.18. The van der Waals surface area contributed by atoms with Gasteiger partial charge in [0.1, 0.15) is 5.82 Å². The Morgan fingerprint density at radius 1 is 1.32 bits per heavy atom. The molecule has 0 unspecified atom stereocenters. The molecule has 0 saturated carbocycles. The average Bonchev–Trinajstić information content (AvgIpc) is 2.90. The van der Waals surface area contributed by atoms with Gasteiger partial charge in [0.25, 0.3) is 0 Å². The second-order valence-electron chi connectivity index (χ2n) is 4.73. The first kappa shape index (κ1) is 14.0. The van der Waals surface area contributed by atoms with E-state index in [1.54, 1.807) is 6.20 Å². The van der Waals surface area contributed by atoms with Crippen molar-refractivity contribution >= 4 is 21.7 Å². The Morgan fingerprint density at radius 3 is 2.74 bits per heavy atom. The number of rotatable bonds is 6. The number of anilines is 2. The Kier molecular flexibility index (Phi) is 4.57. The molecule has 6 nitrogen and oxygen atoms in total. The summed E-state index contributed by atoms with van der Waals surface area (Å²) in [5.74, 6) is 1.17. The summed E-state index contributed by atoms with van der Waals surface area (Å²) in [7, 11) is -3.31. The van der Waals surface area contributed by atoms with Gasteiger partial charge < -0.3 is 4.90 Å². The molecule has 106 valence electrons. The van der Waals surface area contributed by atoms with Gasteiger partial charge in [0.15, 0.2) is 5.82 Å². The quantitative estimate of drug-likeness (QED) is 0.859. The Hall–Kier alpha value is -1.37. The molecule has 0 bridgehead atoms. The normalized spacial score (nSPS) is 15.7. The van der Waals surface area contributed by atoms with Crippen LogP contribution in [0.2, 0.25) is 0 Å². The third-order valence-electron chi connectivity index (χ3n) is 3.08. The average molecular weight is 284 g/mol. The van der Waals surface area contributed by atoms with E-state index in [-0.39, 0.29) is 5.75 Å². The molecule has 0 spiro atoms. The maximum absolute atomic E-state index is 11.8. The topological polar surface area (TPSA) is 75.2 Å². The van der Waals surface area contributed by atoms with Crippen LogP contribution in [0.1, 0.15) is 32.6 Å². The largest absolute Gasteiger partial charge is 0.355 e. The first-order chi connectivity index (χ1) is 9.11. The smallest absolute Gasteiger partial charge is 0.233 e. The van der Waals surface area contributed by atoms with E-state index in [0.717, 1.165) is 38.2 Å².